The van der Waals surface area contributed by atoms with Crippen LogP contribution in [-0.2, 0) is 11.3 Å². The lowest BCUT2D eigenvalue weighted by Gasteiger charge is -2.19. The topological polar surface area (TPSA) is 47.3 Å². The summed E-state index contributed by atoms with van der Waals surface area (Å²) >= 11 is 3.40. The smallest absolute Gasteiger partial charge is 0.0509 e. The summed E-state index contributed by atoms with van der Waals surface area (Å²) in [6, 6.07) is 6.58. The molecule has 0 radical (unpaired) electrons. The van der Waals surface area contributed by atoms with E-state index in [9.17, 15) is 0 Å². The Hall–Kier alpha value is -0.580. The van der Waals surface area contributed by atoms with E-state index < -0.39 is 0 Å². The molecular formula is C13H19BrN2O. The third-order valence-corrected chi connectivity index (χ3v) is 4.08. The zero-order valence-electron chi connectivity index (χ0n) is 10.1. The number of nitrogens with one attached hydrogen (secondary N) is 1. The summed E-state index contributed by atoms with van der Waals surface area (Å²) in [4.78, 5) is 0. The highest BCUT2D eigenvalue weighted by Crippen LogP contribution is 2.21. The fourth-order valence-corrected chi connectivity index (χ4v) is 2.34. The Bertz CT molecular complexity index is 378. The van der Waals surface area contributed by atoms with Crippen LogP contribution < -0.4 is 11.1 Å². The van der Waals surface area contributed by atoms with Gasteiger partial charge in [0.05, 0.1) is 6.61 Å². The highest BCUT2D eigenvalue weighted by Gasteiger charge is 2.21. The van der Waals surface area contributed by atoms with Crippen LogP contribution in [0.4, 0.5) is 5.69 Å². The largest absolute Gasteiger partial charge is 0.398 e. The summed E-state index contributed by atoms with van der Waals surface area (Å²) in [7, 11) is 0. The van der Waals surface area contributed by atoms with Crippen LogP contribution in [0.5, 0.6) is 0 Å². The van der Waals surface area contributed by atoms with Gasteiger partial charge in [0.25, 0.3) is 0 Å². The van der Waals surface area contributed by atoms with Crippen molar-refractivity contribution in [2.45, 2.75) is 25.9 Å². The van der Waals surface area contributed by atoms with E-state index in [1.165, 1.54) is 5.56 Å². The monoisotopic (exact) mass is 298 g/mol. The van der Waals surface area contributed by atoms with Crippen LogP contribution in [-0.4, -0.2) is 19.3 Å². The lowest BCUT2D eigenvalue weighted by molar-refractivity contribution is 0.178. The average Bonchev–Trinajstić information content (AvgIpc) is 2.84. The first-order valence-corrected chi connectivity index (χ1v) is 6.81. The van der Waals surface area contributed by atoms with Gasteiger partial charge in [-0.05, 0) is 52.9 Å². The Kier molecular flexibility index (Phi) is 4.42. The van der Waals surface area contributed by atoms with Crippen molar-refractivity contribution >= 4 is 21.6 Å². The van der Waals surface area contributed by atoms with E-state index in [0.717, 1.165) is 36.3 Å². The minimum atomic E-state index is 0.488. The third kappa shape index (κ3) is 3.44. The quantitative estimate of drug-likeness (QED) is 0.840. The van der Waals surface area contributed by atoms with Gasteiger partial charge in [0.15, 0.2) is 0 Å². The number of ether oxygens (including phenoxy) is 1. The Morgan fingerprint density at radius 1 is 1.59 bits per heavy atom. The zero-order valence-corrected chi connectivity index (χ0v) is 11.7. The van der Waals surface area contributed by atoms with Crippen LogP contribution in [0.3, 0.4) is 0 Å². The third-order valence-electron chi connectivity index (χ3n) is 3.36. The summed E-state index contributed by atoms with van der Waals surface area (Å²) in [5, 5.41) is 3.54. The van der Waals surface area contributed by atoms with Crippen molar-refractivity contribution in [3.8, 4) is 0 Å². The van der Waals surface area contributed by atoms with E-state index >= 15 is 0 Å². The van der Waals surface area contributed by atoms with Gasteiger partial charge in [0, 0.05) is 29.4 Å². The summed E-state index contributed by atoms with van der Waals surface area (Å²) < 4.78 is 6.36. The highest BCUT2D eigenvalue weighted by atomic mass is 79.9. The second-order valence-electron chi connectivity index (χ2n) is 4.65. The Morgan fingerprint density at radius 3 is 3.06 bits per heavy atom. The predicted molar refractivity (Wildman–Crippen MR) is 73.8 cm³/mol. The second-order valence-corrected chi connectivity index (χ2v) is 5.50. The minimum absolute atomic E-state index is 0.488. The molecule has 2 unspecified atom stereocenters. The van der Waals surface area contributed by atoms with Crippen LogP contribution in [0.25, 0.3) is 0 Å². The summed E-state index contributed by atoms with van der Waals surface area (Å²) in [6.45, 7) is 4.87. The molecule has 0 aliphatic carbocycles. The molecule has 1 aromatic rings. The molecule has 3 N–H and O–H groups in total. The predicted octanol–water partition coefficient (Wildman–Crippen LogP) is 2.55. The van der Waals surface area contributed by atoms with Crippen molar-refractivity contribution in [2.24, 2.45) is 5.92 Å². The minimum Gasteiger partial charge on any atom is -0.398 e. The van der Waals surface area contributed by atoms with Crippen LogP contribution in [0.1, 0.15) is 18.9 Å². The number of hydrogen-bond donors (Lipinski definition) is 2. The fourth-order valence-electron chi connectivity index (χ4n) is 2.10. The Labute approximate surface area is 111 Å². The molecule has 0 bridgehead atoms. The van der Waals surface area contributed by atoms with Gasteiger partial charge in [0.1, 0.15) is 0 Å². The number of hydrogen-bond acceptors (Lipinski definition) is 3. The van der Waals surface area contributed by atoms with Crippen LogP contribution >= 0.6 is 15.9 Å². The fraction of sp³-hybridized carbons (Fsp3) is 0.538. The van der Waals surface area contributed by atoms with Crippen LogP contribution in [0.2, 0.25) is 0 Å². The molecule has 2 rings (SSSR count). The zero-order chi connectivity index (χ0) is 12.3. The molecule has 0 amide bonds. The van der Waals surface area contributed by atoms with Gasteiger partial charge in [-0.25, -0.2) is 0 Å². The van der Waals surface area contributed by atoms with E-state index in [0.29, 0.717) is 12.0 Å². The Morgan fingerprint density at radius 2 is 2.41 bits per heavy atom. The normalized spacial score (nSPS) is 21.6. The van der Waals surface area contributed by atoms with Crippen molar-refractivity contribution in [3.63, 3.8) is 0 Å². The SMILES string of the molecule is CC(NCc1ccc(Br)c(N)c1)C1CCOC1. The lowest BCUT2D eigenvalue weighted by atomic mass is 10.0. The molecule has 1 aliphatic rings. The van der Waals surface area contributed by atoms with Crippen molar-refractivity contribution in [1.82, 2.24) is 5.32 Å². The maximum absolute atomic E-state index is 5.85. The molecule has 1 saturated heterocycles. The van der Waals surface area contributed by atoms with E-state index in [2.05, 4.69) is 34.2 Å². The molecule has 0 aromatic heterocycles. The summed E-state index contributed by atoms with van der Waals surface area (Å²) in [6.07, 6.45) is 1.16. The van der Waals surface area contributed by atoms with Gasteiger partial charge in [-0.1, -0.05) is 6.07 Å². The Balaban J connectivity index is 1.86. The first kappa shape index (κ1) is 12.9. The number of halogens is 1. The van der Waals surface area contributed by atoms with Gasteiger partial charge in [-0.3, -0.25) is 0 Å². The van der Waals surface area contributed by atoms with Crippen molar-refractivity contribution < 1.29 is 4.74 Å². The van der Waals surface area contributed by atoms with E-state index in [4.69, 9.17) is 10.5 Å². The number of anilines is 1. The van der Waals surface area contributed by atoms with E-state index in [-0.39, 0.29) is 0 Å². The molecule has 1 aliphatic heterocycles. The molecule has 4 heteroatoms. The maximum atomic E-state index is 5.85. The van der Waals surface area contributed by atoms with Crippen LogP contribution in [0, 0.1) is 5.92 Å². The highest BCUT2D eigenvalue weighted by molar-refractivity contribution is 9.10. The van der Waals surface area contributed by atoms with E-state index in [1.807, 2.05) is 12.1 Å². The molecule has 94 valence electrons. The molecule has 1 fully saturated rings. The number of nitrogens with two attached hydrogens (primary N) is 1. The number of rotatable bonds is 4. The summed E-state index contributed by atoms with van der Waals surface area (Å²) in [5.41, 5.74) is 7.87. The molecule has 0 saturated carbocycles. The van der Waals surface area contributed by atoms with Gasteiger partial charge < -0.3 is 15.8 Å². The van der Waals surface area contributed by atoms with Crippen molar-refractivity contribution in [2.75, 3.05) is 18.9 Å². The first-order chi connectivity index (χ1) is 8.16. The van der Waals surface area contributed by atoms with Gasteiger partial charge in [-0.15, -0.1) is 0 Å². The first-order valence-electron chi connectivity index (χ1n) is 6.02. The average molecular weight is 299 g/mol. The molecule has 17 heavy (non-hydrogen) atoms. The molecular weight excluding hydrogens is 280 g/mol. The lowest BCUT2D eigenvalue weighted by Crippen LogP contribution is -2.33. The van der Waals surface area contributed by atoms with Gasteiger partial charge >= 0.3 is 0 Å². The van der Waals surface area contributed by atoms with Crippen LogP contribution in [0.15, 0.2) is 22.7 Å². The molecule has 1 aromatic carbocycles. The summed E-state index contributed by atoms with van der Waals surface area (Å²) in [5.74, 6) is 0.641. The molecule has 2 atom stereocenters. The van der Waals surface area contributed by atoms with Gasteiger partial charge in [0.2, 0.25) is 0 Å². The molecule has 1 heterocycles. The van der Waals surface area contributed by atoms with Gasteiger partial charge in [-0.2, -0.15) is 0 Å². The standard InChI is InChI=1S/C13H19BrN2O/c1-9(11-4-5-17-8-11)16-7-10-2-3-12(14)13(15)6-10/h2-3,6,9,11,16H,4-5,7-8,15H2,1H3. The van der Waals surface area contributed by atoms with Crippen molar-refractivity contribution in [3.05, 3.63) is 28.2 Å². The van der Waals surface area contributed by atoms with E-state index in [1.54, 1.807) is 0 Å². The maximum Gasteiger partial charge on any atom is 0.0509 e. The number of benzene rings is 1. The molecule has 0 spiro atoms. The number of nitrogen functional groups attached to an aromatic ring is 1. The molecule has 3 nitrogen and oxygen atoms in total. The second kappa shape index (κ2) is 5.85. The van der Waals surface area contributed by atoms with Crippen molar-refractivity contribution in [1.29, 1.82) is 0 Å².